The molecule has 19 heavy (non-hydrogen) atoms. The lowest BCUT2D eigenvalue weighted by atomic mass is 9.91. The quantitative estimate of drug-likeness (QED) is 0.664. The molecular formula is C17H36N2. The van der Waals surface area contributed by atoms with Gasteiger partial charge in [-0.15, -0.1) is 0 Å². The third kappa shape index (κ3) is 6.76. The van der Waals surface area contributed by atoms with Gasteiger partial charge in [0.15, 0.2) is 0 Å². The van der Waals surface area contributed by atoms with Gasteiger partial charge in [-0.05, 0) is 45.8 Å². The number of likely N-dealkylation sites (N-methyl/N-ethyl adjacent to an activating group) is 1. The normalized spacial score (nSPS) is 25.3. The summed E-state index contributed by atoms with van der Waals surface area (Å²) in [5.41, 5.74) is 0. The number of hydrogen-bond acceptors (Lipinski definition) is 2. The highest BCUT2D eigenvalue weighted by atomic mass is 15.2. The second-order valence-corrected chi connectivity index (χ2v) is 6.31. The topological polar surface area (TPSA) is 15.3 Å². The van der Waals surface area contributed by atoms with Crippen LogP contribution < -0.4 is 5.32 Å². The zero-order valence-electron chi connectivity index (χ0n) is 13.6. The monoisotopic (exact) mass is 268 g/mol. The Hall–Kier alpha value is -0.0800. The fourth-order valence-corrected chi connectivity index (χ4v) is 3.34. The molecular weight excluding hydrogens is 232 g/mol. The molecule has 1 saturated carbocycles. The van der Waals surface area contributed by atoms with Crippen molar-refractivity contribution >= 4 is 0 Å². The Balaban J connectivity index is 2.48. The van der Waals surface area contributed by atoms with E-state index in [1.54, 1.807) is 0 Å². The first kappa shape index (κ1) is 17.0. The van der Waals surface area contributed by atoms with Gasteiger partial charge >= 0.3 is 0 Å². The molecule has 0 spiro atoms. The van der Waals surface area contributed by atoms with Crippen LogP contribution in [0.5, 0.6) is 0 Å². The summed E-state index contributed by atoms with van der Waals surface area (Å²) in [6.45, 7) is 7.03. The molecule has 2 heteroatoms. The van der Waals surface area contributed by atoms with Gasteiger partial charge in [0.25, 0.3) is 0 Å². The molecule has 1 aliphatic rings. The van der Waals surface area contributed by atoms with E-state index in [4.69, 9.17) is 0 Å². The van der Waals surface area contributed by atoms with Gasteiger partial charge in [-0.25, -0.2) is 0 Å². The van der Waals surface area contributed by atoms with Gasteiger partial charge in [-0.3, -0.25) is 0 Å². The maximum Gasteiger partial charge on any atom is 0.0246 e. The maximum atomic E-state index is 3.82. The molecule has 1 N–H and O–H groups in total. The average molecular weight is 268 g/mol. The van der Waals surface area contributed by atoms with Crippen molar-refractivity contribution in [2.24, 2.45) is 0 Å². The van der Waals surface area contributed by atoms with E-state index in [2.05, 4.69) is 31.1 Å². The molecule has 0 aromatic carbocycles. The van der Waals surface area contributed by atoms with Crippen LogP contribution in [0.2, 0.25) is 0 Å². The van der Waals surface area contributed by atoms with Gasteiger partial charge in [-0.1, -0.05) is 52.4 Å². The molecule has 2 nitrogen and oxygen atoms in total. The van der Waals surface area contributed by atoms with Crippen LogP contribution in [0.4, 0.5) is 0 Å². The van der Waals surface area contributed by atoms with Crippen LogP contribution in [-0.2, 0) is 0 Å². The summed E-state index contributed by atoms with van der Waals surface area (Å²) in [5.74, 6) is 0. The minimum atomic E-state index is 0.729. The fraction of sp³-hybridized carbons (Fsp3) is 1.00. The Labute approximate surface area is 121 Å². The molecule has 0 aliphatic heterocycles. The van der Waals surface area contributed by atoms with E-state index < -0.39 is 0 Å². The number of nitrogens with zero attached hydrogens (tertiary/aromatic N) is 1. The van der Waals surface area contributed by atoms with Crippen molar-refractivity contribution in [1.29, 1.82) is 0 Å². The van der Waals surface area contributed by atoms with Crippen LogP contribution in [0.3, 0.4) is 0 Å². The summed E-state index contributed by atoms with van der Waals surface area (Å²) >= 11 is 0. The second kappa shape index (κ2) is 10.7. The van der Waals surface area contributed by atoms with Gasteiger partial charge in [0, 0.05) is 12.1 Å². The molecule has 0 aromatic heterocycles. The van der Waals surface area contributed by atoms with E-state index in [9.17, 15) is 0 Å². The standard InChI is InChI=1S/C17H36N2/c1-4-6-11-15-19(3)17-13-10-8-7-9-12-16(17)18-14-5-2/h16-18H,4-15H2,1-3H3. The highest BCUT2D eigenvalue weighted by Gasteiger charge is 2.25. The van der Waals surface area contributed by atoms with Crippen molar-refractivity contribution in [3.8, 4) is 0 Å². The molecule has 1 fully saturated rings. The highest BCUT2D eigenvalue weighted by molar-refractivity contribution is 4.84. The van der Waals surface area contributed by atoms with E-state index in [-0.39, 0.29) is 0 Å². The smallest absolute Gasteiger partial charge is 0.0246 e. The lowest BCUT2D eigenvalue weighted by Gasteiger charge is -2.37. The number of hydrogen-bond donors (Lipinski definition) is 1. The van der Waals surface area contributed by atoms with Crippen molar-refractivity contribution in [2.45, 2.75) is 90.1 Å². The van der Waals surface area contributed by atoms with Crippen LogP contribution in [0, 0.1) is 0 Å². The minimum absolute atomic E-state index is 0.729. The van der Waals surface area contributed by atoms with Gasteiger partial charge in [-0.2, -0.15) is 0 Å². The van der Waals surface area contributed by atoms with Crippen molar-refractivity contribution < 1.29 is 0 Å². The van der Waals surface area contributed by atoms with Crippen LogP contribution in [0.25, 0.3) is 0 Å². The Morgan fingerprint density at radius 3 is 2.37 bits per heavy atom. The molecule has 1 aliphatic carbocycles. The highest BCUT2D eigenvalue weighted by Crippen LogP contribution is 2.21. The van der Waals surface area contributed by atoms with Gasteiger partial charge < -0.3 is 10.2 Å². The maximum absolute atomic E-state index is 3.82. The molecule has 114 valence electrons. The van der Waals surface area contributed by atoms with E-state index >= 15 is 0 Å². The largest absolute Gasteiger partial charge is 0.312 e. The molecule has 0 saturated heterocycles. The summed E-state index contributed by atoms with van der Waals surface area (Å²) < 4.78 is 0. The number of unbranched alkanes of at least 4 members (excludes halogenated alkanes) is 2. The number of rotatable bonds is 8. The first-order valence-corrected chi connectivity index (χ1v) is 8.73. The lowest BCUT2D eigenvalue weighted by molar-refractivity contribution is 0.160. The zero-order valence-corrected chi connectivity index (χ0v) is 13.6. The summed E-state index contributed by atoms with van der Waals surface area (Å²) in [7, 11) is 2.35. The second-order valence-electron chi connectivity index (χ2n) is 6.31. The molecule has 0 heterocycles. The third-order valence-electron chi connectivity index (χ3n) is 4.57. The van der Waals surface area contributed by atoms with Crippen molar-refractivity contribution in [2.75, 3.05) is 20.1 Å². The number of nitrogens with one attached hydrogen (secondary N) is 1. The lowest BCUT2D eigenvalue weighted by Crippen LogP contribution is -2.49. The zero-order chi connectivity index (χ0) is 13.9. The Kier molecular flexibility index (Phi) is 9.54. The first-order valence-electron chi connectivity index (χ1n) is 8.73. The average Bonchev–Trinajstić information content (AvgIpc) is 2.38. The molecule has 2 unspecified atom stereocenters. The molecule has 1 rings (SSSR count). The van der Waals surface area contributed by atoms with Crippen LogP contribution >= 0.6 is 0 Å². The first-order chi connectivity index (χ1) is 9.29. The van der Waals surface area contributed by atoms with Crippen LogP contribution in [-0.4, -0.2) is 37.1 Å². The molecule has 2 atom stereocenters. The summed E-state index contributed by atoms with van der Waals surface area (Å²) in [6.07, 6.45) is 13.8. The van der Waals surface area contributed by atoms with Gasteiger partial charge in [0.05, 0.1) is 0 Å². The predicted molar refractivity (Wildman–Crippen MR) is 85.7 cm³/mol. The molecule has 0 aromatic rings. The van der Waals surface area contributed by atoms with E-state index in [0.29, 0.717) is 0 Å². The fourth-order valence-electron chi connectivity index (χ4n) is 3.34. The van der Waals surface area contributed by atoms with Crippen LogP contribution in [0.15, 0.2) is 0 Å². The van der Waals surface area contributed by atoms with Gasteiger partial charge in [0.2, 0.25) is 0 Å². The van der Waals surface area contributed by atoms with Crippen molar-refractivity contribution in [1.82, 2.24) is 10.2 Å². The minimum Gasteiger partial charge on any atom is -0.312 e. The molecule has 0 bridgehead atoms. The molecule has 0 amide bonds. The Morgan fingerprint density at radius 2 is 1.68 bits per heavy atom. The SMILES string of the molecule is CCCCCN(C)C1CCCCCCC1NCCC. The van der Waals surface area contributed by atoms with E-state index in [0.717, 1.165) is 12.1 Å². The summed E-state index contributed by atoms with van der Waals surface area (Å²) in [4.78, 5) is 2.65. The third-order valence-corrected chi connectivity index (χ3v) is 4.57. The summed E-state index contributed by atoms with van der Waals surface area (Å²) in [6, 6.07) is 1.50. The Morgan fingerprint density at radius 1 is 0.947 bits per heavy atom. The van der Waals surface area contributed by atoms with Crippen molar-refractivity contribution in [3.05, 3.63) is 0 Å². The summed E-state index contributed by atoms with van der Waals surface area (Å²) in [5, 5.41) is 3.82. The predicted octanol–water partition coefficient (Wildman–Crippen LogP) is 4.20. The van der Waals surface area contributed by atoms with Crippen molar-refractivity contribution in [3.63, 3.8) is 0 Å². The van der Waals surface area contributed by atoms with E-state index in [1.807, 2.05) is 0 Å². The molecule has 0 radical (unpaired) electrons. The Bertz CT molecular complexity index is 203. The van der Waals surface area contributed by atoms with Gasteiger partial charge in [0.1, 0.15) is 0 Å². The van der Waals surface area contributed by atoms with Crippen LogP contribution in [0.1, 0.15) is 78.1 Å². The van der Waals surface area contributed by atoms with E-state index in [1.165, 1.54) is 77.3 Å².